The van der Waals surface area contributed by atoms with Gasteiger partial charge in [-0.2, -0.15) is 13.7 Å². The molecule has 2 aromatic carbocycles. The molecule has 0 saturated carbocycles. The fourth-order valence-corrected chi connectivity index (χ4v) is 2.87. The molecule has 2 aromatic rings. The summed E-state index contributed by atoms with van der Waals surface area (Å²) in [7, 11) is -4.19. The number of nitrogens with zero attached hydrogens (tertiary/aromatic N) is 1. The molecule has 0 fully saturated rings. The second-order valence-corrected chi connectivity index (χ2v) is 5.84. The monoisotopic (exact) mass is 316 g/mol. The highest BCUT2D eigenvalue weighted by Gasteiger charge is 2.22. The fraction of sp³-hybridized carbons (Fsp3) is 0.0667. The molecule has 0 unspecified atom stereocenters. The lowest BCUT2D eigenvalue weighted by Gasteiger charge is -2.12. The maximum Gasteiger partial charge on any atom is 0.340 e. The topological polar surface area (TPSA) is 96.3 Å². The highest BCUT2D eigenvalue weighted by Crippen LogP contribution is 2.28. The standard InChI is InChI=1S/C15H12N2O4S/c1-11(18)17-13-7-3-4-8-14(13)21-22(19,20)15-9-5-2-6-12(15)10-16/h2-9H,1H3,(H,17,18). The fourth-order valence-electron chi connectivity index (χ4n) is 1.77. The number of anilines is 1. The molecule has 7 heteroatoms. The Kier molecular flexibility index (Phi) is 4.44. The van der Waals surface area contributed by atoms with Crippen LogP contribution in [0.5, 0.6) is 5.75 Å². The van der Waals surface area contributed by atoms with E-state index < -0.39 is 10.1 Å². The number of para-hydroxylation sites is 2. The maximum atomic E-state index is 12.3. The van der Waals surface area contributed by atoms with Crippen molar-refractivity contribution in [3.05, 3.63) is 54.1 Å². The van der Waals surface area contributed by atoms with Gasteiger partial charge < -0.3 is 9.50 Å². The first-order valence-corrected chi connectivity index (χ1v) is 7.65. The van der Waals surface area contributed by atoms with Gasteiger partial charge in [0.2, 0.25) is 5.91 Å². The average Bonchev–Trinajstić information content (AvgIpc) is 2.48. The zero-order valence-corrected chi connectivity index (χ0v) is 12.4. The molecule has 6 nitrogen and oxygen atoms in total. The summed E-state index contributed by atoms with van der Waals surface area (Å²) in [5.74, 6) is -0.378. The van der Waals surface area contributed by atoms with Crippen molar-refractivity contribution in [1.29, 1.82) is 5.26 Å². The van der Waals surface area contributed by atoms with Gasteiger partial charge in [0.15, 0.2) is 5.75 Å². The predicted octanol–water partition coefficient (Wildman–Crippen LogP) is 2.28. The van der Waals surface area contributed by atoms with Gasteiger partial charge in [-0.05, 0) is 24.3 Å². The van der Waals surface area contributed by atoms with E-state index in [0.29, 0.717) is 0 Å². The lowest BCUT2D eigenvalue weighted by atomic mass is 10.2. The van der Waals surface area contributed by atoms with Gasteiger partial charge in [0, 0.05) is 6.92 Å². The van der Waals surface area contributed by atoms with Crippen LogP contribution in [0, 0.1) is 11.3 Å². The van der Waals surface area contributed by atoms with E-state index in [1.54, 1.807) is 24.3 Å². The summed E-state index contributed by atoms with van der Waals surface area (Å²) in [6.45, 7) is 1.30. The zero-order chi connectivity index (χ0) is 16.2. The number of benzene rings is 2. The Hall–Kier alpha value is -2.85. The van der Waals surface area contributed by atoms with E-state index in [-0.39, 0.29) is 27.8 Å². The minimum Gasteiger partial charge on any atom is -0.377 e. The number of carbonyl (C=O) groups excluding carboxylic acids is 1. The van der Waals surface area contributed by atoms with Gasteiger partial charge >= 0.3 is 10.1 Å². The average molecular weight is 316 g/mol. The van der Waals surface area contributed by atoms with Gasteiger partial charge in [0.1, 0.15) is 11.0 Å². The van der Waals surface area contributed by atoms with Crippen molar-refractivity contribution in [1.82, 2.24) is 0 Å². The summed E-state index contributed by atoms with van der Waals surface area (Å²) in [6.07, 6.45) is 0. The molecular formula is C15H12N2O4S. The van der Waals surface area contributed by atoms with Crippen LogP contribution in [0.15, 0.2) is 53.4 Å². The first-order valence-electron chi connectivity index (χ1n) is 6.24. The molecule has 0 aromatic heterocycles. The van der Waals surface area contributed by atoms with E-state index in [1.807, 2.05) is 0 Å². The Balaban J connectivity index is 2.42. The summed E-state index contributed by atoms with van der Waals surface area (Å²) in [6, 6.07) is 13.7. The van der Waals surface area contributed by atoms with Crippen molar-refractivity contribution in [2.45, 2.75) is 11.8 Å². The third-order valence-corrected chi connectivity index (χ3v) is 3.97. The van der Waals surface area contributed by atoms with Crippen LogP contribution >= 0.6 is 0 Å². The Labute approximate surface area is 128 Å². The van der Waals surface area contributed by atoms with Crippen LogP contribution in [0.3, 0.4) is 0 Å². The summed E-state index contributed by atoms with van der Waals surface area (Å²) in [5, 5.41) is 11.5. The van der Waals surface area contributed by atoms with Crippen LogP contribution < -0.4 is 9.50 Å². The van der Waals surface area contributed by atoms with E-state index in [1.165, 1.54) is 37.3 Å². The number of carbonyl (C=O) groups is 1. The quantitative estimate of drug-likeness (QED) is 0.873. The van der Waals surface area contributed by atoms with Gasteiger partial charge in [-0.1, -0.05) is 24.3 Å². The number of hydrogen-bond donors (Lipinski definition) is 1. The highest BCUT2D eigenvalue weighted by atomic mass is 32.2. The highest BCUT2D eigenvalue weighted by molar-refractivity contribution is 7.87. The minimum atomic E-state index is -4.19. The van der Waals surface area contributed by atoms with Crippen LogP contribution in [0.25, 0.3) is 0 Å². The van der Waals surface area contributed by atoms with Crippen molar-refractivity contribution in [3.63, 3.8) is 0 Å². The summed E-state index contributed by atoms with van der Waals surface area (Å²) in [4.78, 5) is 10.9. The van der Waals surface area contributed by atoms with Crippen LogP contribution in [0.4, 0.5) is 5.69 Å². The van der Waals surface area contributed by atoms with Crippen molar-refractivity contribution >= 4 is 21.7 Å². The molecule has 0 aliphatic rings. The molecule has 0 radical (unpaired) electrons. The Morgan fingerprint density at radius 3 is 2.45 bits per heavy atom. The molecule has 0 atom stereocenters. The first-order chi connectivity index (χ1) is 10.4. The van der Waals surface area contributed by atoms with Crippen LogP contribution in [-0.4, -0.2) is 14.3 Å². The maximum absolute atomic E-state index is 12.3. The molecule has 1 amide bonds. The normalized spacial score (nSPS) is 10.5. The Morgan fingerprint density at radius 2 is 1.77 bits per heavy atom. The van der Waals surface area contributed by atoms with Gasteiger partial charge in [-0.25, -0.2) is 0 Å². The molecule has 0 saturated heterocycles. The molecule has 0 heterocycles. The van der Waals surface area contributed by atoms with Crippen molar-refractivity contribution < 1.29 is 17.4 Å². The first kappa shape index (κ1) is 15.5. The number of amides is 1. The minimum absolute atomic E-state index is 0.0143. The molecule has 0 spiro atoms. The third kappa shape index (κ3) is 3.42. The predicted molar refractivity (Wildman–Crippen MR) is 79.7 cm³/mol. The molecule has 1 N–H and O–H groups in total. The van der Waals surface area contributed by atoms with E-state index in [2.05, 4.69) is 5.32 Å². The number of nitriles is 1. The third-order valence-electron chi connectivity index (χ3n) is 2.67. The molecule has 0 aliphatic heterocycles. The number of rotatable bonds is 4. The SMILES string of the molecule is CC(=O)Nc1ccccc1OS(=O)(=O)c1ccccc1C#N. The second kappa shape index (κ2) is 6.28. The van der Waals surface area contributed by atoms with E-state index >= 15 is 0 Å². The number of hydrogen-bond acceptors (Lipinski definition) is 5. The Morgan fingerprint density at radius 1 is 1.14 bits per heavy atom. The zero-order valence-electron chi connectivity index (χ0n) is 11.6. The van der Waals surface area contributed by atoms with Crippen LogP contribution in [0.2, 0.25) is 0 Å². The van der Waals surface area contributed by atoms with Crippen molar-refractivity contribution in [3.8, 4) is 11.8 Å². The lowest BCUT2D eigenvalue weighted by Crippen LogP contribution is -2.14. The second-order valence-electron chi connectivity index (χ2n) is 4.32. The van der Waals surface area contributed by atoms with Crippen LogP contribution in [0.1, 0.15) is 12.5 Å². The van der Waals surface area contributed by atoms with Crippen molar-refractivity contribution in [2.75, 3.05) is 5.32 Å². The Bertz CT molecular complexity index is 854. The smallest absolute Gasteiger partial charge is 0.340 e. The van der Waals surface area contributed by atoms with Gasteiger partial charge in [-0.3, -0.25) is 4.79 Å². The van der Waals surface area contributed by atoms with E-state index in [4.69, 9.17) is 9.44 Å². The molecule has 112 valence electrons. The molecule has 2 rings (SSSR count). The molecular weight excluding hydrogens is 304 g/mol. The lowest BCUT2D eigenvalue weighted by molar-refractivity contribution is -0.114. The van der Waals surface area contributed by atoms with Crippen LogP contribution in [-0.2, 0) is 14.9 Å². The molecule has 0 aliphatic carbocycles. The van der Waals surface area contributed by atoms with Gasteiger partial charge in [-0.15, -0.1) is 0 Å². The van der Waals surface area contributed by atoms with Gasteiger partial charge in [0.05, 0.1) is 11.3 Å². The number of nitrogens with one attached hydrogen (secondary N) is 1. The van der Waals surface area contributed by atoms with Gasteiger partial charge in [0.25, 0.3) is 0 Å². The van der Waals surface area contributed by atoms with Crippen molar-refractivity contribution in [2.24, 2.45) is 0 Å². The summed E-state index contributed by atoms with van der Waals surface area (Å²) >= 11 is 0. The van der Waals surface area contributed by atoms with E-state index in [0.717, 1.165) is 0 Å². The summed E-state index contributed by atoms with van der Waals surface area (Å²) in [5.41, 5.74) is 0.215. The summed E-state index contributed by atoms with van der Waals surface area (Å²) < 4.78 is 29.7. The largest absolute Gasteiger partial charge is 0.377 e. The molecule has 0 bridgehead atoms. The van der Waals surface area contributed by atoms with E-state index in [9.17, 15) is 13.2 Å². The molecule has 22 heavy (non-hydrogen) atoms.